The lowest BCUT2D eigenvalue weighted by molar-refractivity contribution is -0.137. The Morgan fingerprint density at radius 3 is 2.12 bits per heavy atom. The van der Waals surface area contributed by atoms with E-state index in [1.807, 2.05) is 0 Å². The molecular formula is C12H20O4Si. The molecule has 0 aliphatic rings. The molecule has 0 heterocycles. The molecule has 0 amide bonds. The number of carbonyl (C=O) groups is 2. The molecule has 0 fully saturated rings. The van der Waals surface area contributed by atoms with Gasteiger partial charge in [0.1, 0.15) is 0 Å². The van der Waals surface area contributed by atoms with E-state index < -0.39 is 20.0 Å². The van der Waals surface area contributed by atoms with Crippen LogP contribution < -0.4 is 0 Å². The van der Waals surface area contributed by atoms with Crippen LogP contribution >= 0.6 is 0 Å². The molecule has 0 bridgehead atoms. The van der Waals surface area contributed by atoms with E-state index in [0.29, 0.717) is 6.61 Å². The summed E-state index contributed by atoms with van der Waals surface area (Å²) in [7, 11) is -0.361. The third-order valence-electron chi connectivity index (χ3n) is 2.03. The second-order valence-corrected chi connectivity index (χ2v) is 9.54. The molecule has 0 aromatic rings. The molecule has 0 unspecified atom stereocenters. The highest BCUT2D eigenvalue weighted by molar-refractivity contribution is 6.84. The van der Waals surface area contributed by atoms with E-state index in [2.05, 4.69) is 24.4 Å². The van der Waals surface area contributed by atoms with Crippen LogP contribution in [-0.4, -0.2) is 33.7 Å². The summed E-state index contributed by atoms with van der Waals surface area (Å²) < 4.78 is 9.37. The van der Waals surface area contributed by atoms with Crippen molar-refractivity contribution in [3.8, 4) is 0 Å². The standard InChI is InChI=1S/C12H20O4Si/c1-6-16-11(13)8-7-10(17(3,4)5)9-12(14)15-2/h7-9H,6H2,1-5H3/b8-7+,10-9+. The van der Waals surface area contributed by atoms with Crippen LogP contribution in [0.1, 0.15) is 6.92 Å². The van der Waals surface area contributed by atoms with Crippen LogP contribution in [-0.2, 0) is 19.1 Å². The van der Waals surface area contributed by atoms with Crippen LogP contribution in [0.15, 0.2) is 23.4 Å². The number of carbonyl (C=O) groups excluding carboxylic acids is 2. The number of methoxy groups -OCH3 is 1. The Kier molecular flexibility index (Phi) is 6.49. The van der Waals surface area contributed by atoms with Gasteiger partial charge in [-0.1, -0.05) is 30.9 Å². The number of hydrogen-bond acceptors (Lipinski definition) is 4. The van der Waals surface area contributed by atoms with Gasteiger partial charge < -0.3 is 9.47 Å². The number of hydrogen-bond donors (Lipinski definition) is 0. The van der Waals surface area contributed by atoms with Crippen LogP contribution in [0.5, 0.6) is 0 Å². The van der Waals surface area contributed by atoms with Gasteiger partial charge in [-0.3, -0.25) is 0 Å². The molecule has 96 valence electrons. The van der Waals surface area contributed by atoms with E-state index in [1.165, 1.54) is 19.3 Å². The summed E-state index contributed by atoms with van der Waals surface area (Å²) in [6.45, 7) is 8.33. The highest BCUT2D eigenvalue weighted by Gasteiger charge is 2.19. The fourth-order valence-corrected chi connectivity index (χ4v) is 2.18. The molecule has 4 nitrogen and oxygen atoms in total. The zero-order chi connectivity index (χ0) is 13.5. The first-order valence-electron chi connectivity index (χ1n) is 5.46. The van der Waals surface area contributed by atoms with Crippen LogP contribution in [0.3, 0.4) is 0 Å². The molecular weight excluding hydrogens is 236 g/mol. The van der Waals surface area contributed by atoms with E-state index in [9.17, 15) is 9.59 Å². The molecule has 0 radical (unpaired) electrons. The molecule has 0 aromatic heterocycles. The van der Waals surface area contributed by atoms with Gasteiger partial charge in [0, 0.05) is 12.2 Å². The summed E-state index contributed by atoms with van der Waals surface area (Å²) in [6, 6.07) is 0. The maximum atomic E-state index is 11.2. The minimum atomic E-state index is -1.69. The van der Waals surface area contributed by atoms with Crippen LogP contribution in [0.25, 0.3) is 0 Å². The average Bonchev–Trinajstić information content (AvgIpc) is 2.22. The quantitative estimate of drug-likeness (QED) is 0.327. The summed E-state index contributed by atoms with van der Waals surface area (Å²) in [5, 5.41) is 0.845. The minimum Gasteiger partial charge on any atom is -0.466 e. The molecule has 0 saturated carbocycles. The number of allylic oxidation sites excluding steroid dienone is 2. The van der Waals surface area contributed by atoms with Crippen LogP contribution in [0.2, 0.25) is 19.6 Å². The highest BCUT2D eigenvalue weighted by atomic mass is 28.3. The monoisotopic (exact) mass is 256 g/mol. The van der Waals surface area contributed by atoms with Crippen molar-refractivity contribution in [3.05, 3.63) is 23.4 Å². The van der Waals surface area contributed by atoms with Gasteiger partial charge in [0.25, 0.3) is 0 Å². The molecule has 0 spiro atoms. The summed E-state index contributed by atoms with van der Waals surface area (Å²) in [5.74, 6) is -0.808. The molecule has 0 atom stereocenters. The predicted molar refractivity (Wildman–Crippen MR) is 69.2 cm³/mol. The smallest absolute Gasteiger partial charge is 0.330 e. The van der Waals surface area contributed by atoms with Crippen molar-refractivity contribution in [2.24, 2.45) is 0 Å². The fraction of sp³-hybridized carbons (Fsp3) is 0.500. The molecule has 0 saturated heterocycles. The zero-order valence-electron chi connectivity index (χ0n) is 11.1. The third kappa shape index (κ3) is 6.73. The van der Waals surface area contributed by atoms with Crippen molar-refractivity contribution in [1.29, 1.82) is 0 Å². The maximum Gasteiger partial charge on any atom is 0.330 e. The first kappa shape index (κ1) is 15.6. The van der Waals surface area contributed by atoms with E-state index in [1.54, 1.807) is 13.0 Å². The van der Waals surface area contributed by atoms with Gasteiger partial charge in [0.05, 0.1) is 21.8 Å². The van der Waals surface area contributed by atoms with E-state index >= 15 is 0 Å². The van der Waals surface area contributed by atoms with Gasteiger partial charge in [-0.2, -0.15) is 0 Å². The second-order valence-electron chi connectivity index (χ2n) is 4.46. The van der Waals surface area contributed by atoms with Crippen LogP contribution in [0.4, 0.5) is 0 Å². The van der Waals surface area contributed by atoms with Gasteiger partial charge in [-0.25, -0.2) is 9.59 Å². The normalized spacial score (nSPS) is 12.6. The fourth-order valence-electron chi connectivity index (χ4n) is 1.05. The SMILES string of the molecule is CCOC(=O)/C=C/C(=C\C(=O)OC)[Si](C)(C)C. The van der Waals surface area contributed by atoms with Gasteiger partial charge in [0.2, 0.25) is 0 Å². The van der Waals surface area contributed by atoms with Gasteiger partial charge >= 0.3 is 11.9 Å². The molecule has 5 heteroatoms. The summed E-state index contributed by atoms with van der Waals surface area (Å²) in [4.78, 5) is 22.4. The average molecular weight is 256 g/mol. The zero-order valence-corrected chi connectivity index (χ0v) is 12.1. The lowest BCUT2D eigenvalue weighted by atomic mass is 10.4. The minimum absolute atomic E-state index is 0.339. The Morgan fingerprint density at radius 2 is 1.71 bits per heavy atom. The largest absolute Gasteiger partial charge is 0.466 e. The van der Waals surface area contributed by atoms with Crippen molar-refractivity contribution in [3.63, 3.8) is 0 Å². The Balaban J connectivity index is 4.92. The summed E-state index contributed by atoms with van der Waals surface area (Å²) in [6.07, 6.45) is 4.42. The maximum absolute atomic E-state index is 11.2. The first-order valence-corrected chi connectivity index (χ1v) is 8.96. The molecule has 0 aromatic carbocycles. The number of ether oxygens (including phenoxy) is 2. The van der Waals surface area contributed by atoms with Gasteiger partial charge in [-0.15, -0.1) is 0 Å². The Labute approximate surface area is 103 Å². The van der Waals surface area contributed by atoms with Crippen molar-refractivity contribution < 1.29 is 19.1 Å². The molecule has 17 heavy (non-hydrogen) atoms. The summed E-state index contributed by atoms with van der Waals surface area (Å²) in [5.41, 5.74) is 0. The topological polar surface area (TPSA) is 52.6 Å². The molecule has 0 N–H and O–H groups in total. The van der Waals surface area contributed by atoms with Crippen molar-refractivity contribution >= 4 is 20.0 Å². The second kappa shape index (κ2) is 7.06. The predicted octanol–water partition coefficient (Wildman–Crippen LogP) is 2.08. The van der Waals surface area contributed by atoms with Crippen LogP contribution in [0, 0.1) is 0 Å². The van der Waals surface area contributed by atoms with Gasteiger partial charge in [0.15, 0.2) is 0 Å². The number of esters is 2. The van der Waals surface area contributed by atoms with E-state index in [-0.39, 0.29) is 0 Å². The van der Waals surface area contributed by atoms with Crippen molar-refractivity contribution in [1.82, 2.24) is 0 Å². The van der Waals surface area contributed by atoms with E-state index in [4.69, 9.17) is 4.74 Å². The van der Waals surface area contributed by atoms with Gasteiger partial charge in [-0.05, 0) is 6.92 Å². The Hall–Kier alpha value is -1.36. The highest BCUT2D eigenvalue weighted by Crippen LogP contribution is 2.16. The molecule has 0 rings (SSSR count). The molecule has 0 aliphatic carbocycles. The Morgan fingerprint density at radius 1 is 1.12 bits per heavy atom. The molecule has 0 aliphatic heterocycles. The Bertz CT molecular complexity index is 337. The number of rotatable bonds is 5. The third-order valence-corrected chi connectivity index (χ3v) is 4.07. The lowest BCUT2D eigenvalue weighted by Crippen LogP contribution is -2.24. The first-order chi connectivity index (χ1) is 7.81. The summed E-state index contributed by atoms with van der Waals surface area (Å²) >= 11 is 0. The lowest BCUT2D eigenvalue weighted by Gasteiger charge is -2.17. The van der Waals surface area contributed by atoms with Crippen molar-refractivity contribution in [2.45, 2.75) is 26.6 Å². The van der Waals surface area contributed by atoms with Crippen molar-refractivity contribution in [2.75, 3.05) is 13.7 Å². The van der Waals surface area contributed by atoms with E-state index in [0.717, 1.165) is 5.20 Å².